The number of carboxylic acids is 1. The van der Waals surface area contributed by atoms with Crippen LogP contribution in [0.2, 0.25) is 5.02 Å². The van der Waals surface area contributed by atoms with E-state index in [2.05, 4.69) is 0 Å². The zero-order valence-corrected chi connectivity index (χ0v) is 11.6. The smallest absolute Gasteiger partial charge is 0.337 e. The van der Waals surface area contributed by atoms with E-state index in [4.69, 9.17) is 27.2 Å². The van der Waals surface area contributed by atoms with Gasteiger partial charge in [0.2, 0.25) is 5.91 Å². The first kappa shape index (κ1) is 14.9. The number of primary amides is 1. The monoisotopic (exact) mass is 305 g/mol. The zero-order valence-electron chi connectivity index (χ0n) is 10.9. The molecule has 3 N–H and O–H groups in total. The molecule has 1 amide bonds. The number of hydrogen-bond acceptors (Lipinski definition) is 3. The molecule has 5 nitrogen and oxygen atoms in total. The molecule has 0 aromatic heterocycles. The van der Waals surface area contributed by atoms with Crippen molar-refractivity contribution in [1.29, 1.82) is 0 Å². The highest BCUT2D eigenvalue weighted by molar-refractivity contribution is 6.33. The number of ether oxygens (including phenoxy) is 1. The number of rotatable bonds is 5. The molecule has 2 aromatic rings. The van der Waals surface area contributed by atoms with Crippen LogP contribution in [0.4, 0.5) is 0 Å². The van der Waals surface area contributed by atoms with E-state index in [1.807, 2.05) is 0 Å². The van der Waals surface area contributed by atoms with Gasteiger partial charge < -0.3 is 15.6 Å². The normalized spacial score (nSPS) is 10.1. The van der Waals surface area contributed by atoms with Crippen molar-refractivity contribution in [2.45, 2.75) is 6.61 Å². The largest absolute Gasteiger partial charge is 0.489 e. The van der Waals surface area contributed by atoms with Gasteiger partial charge in [-0.1, -0.05) is 23.7 Å². The second-order valence-corrected chi connectivity index (χ2v) is 4.71. The lowest BCUT2D eigenvalue weighted by molar-refractivity contribution is 0.0696. The van der Waals surface area contributed by atoms with Crippen LogP contribution in [0.3, 0.4) is 0 Å². The van der Waals surface area contributed by atoms with Crippen LogP contribution in [0.15, 0.2) is 42.5 Å². The first-order valence-corrected chi connectivity index (χ1v) is 6.39. The lowest BCUT2D eigenvalue weighted by Crippen LogP contribution is -2.11. The van der Waals surface area contributed by atoms with E-state index in [0.717, 1.165) is 5.56 Å². The summed E-state index contributed by atoms with van der Waals surface area (Å²) in [4.78, 5) is 22.1. The van der Waals surface area contributed by atoms with Gasteiger partial charge in [0.1, 0.15) is 12.4 Å². The quantitative estimate of drug-likeness (QED) is 0.888. The number of carboxylic acid groups (broad SMARTS) is 1. The molecular formula is C15H12ClNO4. The molecule has 0 saturated heterocycles. The van der Waals surface area contributed by atoms with E-state index in [1.165, 1.54) is 12.1 Å². The summed E-state index contributed by atoms with van der Waals surface area (Å²) in [6, 6.07) is 11.1. The molecule has 0 bridgehead atoms. The van der Waals surface area contributed by atoms with Crippen LogP contribution >= 0.6 is 11.6 Å². The SMILES string of the molecule is NC(=O)c1cccc(COc2ccc(Cl)c(C(=O)O)c2)c1. The predicted molar refractivity (Wildman–Crippen MR) is 77.7 cm³/mol. The molecule has 0 spiro atoms. The number of hydrogen-bond donors (Lipinski definition) is 2. The molecule has 0 fully saturated rings. The summed E-state index contributed by atoms with van der Waals surface area (Å²) < 4.78 is 5.50. The standard InChI is InChI=1S/C15H12ClNO4/c16-13-5-4-11(7-12(13)15(19)20)21-8-9-2-1-3-10(6-9)14(17)18/h1-7H,8H2,(H2,17,18)(H,19,20). The first-order valence-electron chi connectivity index (χ1n) is 6.02. The average Bonchev–Trinajstić information content (AvgIpc) is 2.46. The van der Waals surface area contributed by atoms with E-state index in [1.54, 1.807) is 30.3 Å². The Morgan fingerprint density at radius 2 is 1.95 bits per heavy atom. The fourth-order valence-electron chi connectivity index (χ4n) is 1.74. The van der Waals surface area contributed by atoms with Crippen molar-refractivity contribution in [2.75, 3.05) is 0 Å². The Balaban J connectivity index is 2.13. The predicted octanol–water partition coefficient (Wildman–Crippen LogP) is 2.72. The van der Waals surface area contributed by atoms with Gasteiger partial charge in [-0.3, -0.25) is 4.79 Å². The Bertz CT molecular complexity index is 700. The molecule has 2 aromatic carbocycles. The van der Waals surface area contributed by atoms with E-state index in [0.29, 0.717) is 11.3 Å². The van der Waals surface area contributed by atoms with Gasteiger partial charge in [0, 0.05) is 5.56 Å². The molecule has 0 heterocycles. The Morgan fingerprint density at radius 3 is 2.62 bits per heavy atom. The van der Waals surface area contributed by atoms with Gasteiger partial charge in [-0.25, -0.2) is 4.79 Å². The maximum absolute atomic E-state index is 11.1. The lowest BCUT2D eigenvalue weighted by Gasteiger charge is -2.08. The molecular weight excluding hydrogens is 294 g/mol. The average molecular weight is 306 g/mol. The number of benzene rings is 2. The van der Waals surface area contributed by atoms with Crippen LogP contribution in [-0.4, -0.2) is 17.0 Å². The summed E-state index contributed by atoms with van der Waals surface area (Å²) >= 11 is 5.78. The molecule has 0 atom stereocenters. The number of halogens is 1. The lowest BCUT2D eigenvalue weighted by atomic mass is 10.1. The van der Waals surface area contributed by atoms with E-state index in [9.17, 15) is 9.59 Å². The van der Waals surface area contributed by atoms with Gasteiger partial charge in [-0.05, 0) is 35.9 Å². The van der Waals surface area contributed by atoms with Crippen molar-refractivity contribution in [3.8, 4) is 5.75 Å². The second-order valence-electron chi connectivity index (χ2n) is 4.30. The molecule has 21 heavy (non-hydrogen) atoms. The van der Waals surface area contributed by atoms with Crippen molar-refractivity contribution < 1.29 is 19.4 Å². The first-order chi connectivity index (χ1) is 9.97. The summed E-state index contributed by atoms with van der Waals surface area (Å²) in [5.41, 5.74) is 6.31. The van der Waals surface area contributed by atoms with Crippen LogP contribution < -0.4 is 10.5 Å². The van der Waals surface area contributed by atoms with Gasteiger partial charge in [-0.2, -0.15) is 0 Å². The van der Waals surface area contributed by atoms with Crippen LogP contribution in [0.5, 0.6) is 5.75 Å². The molecule has 0 saturated carbocycles. The van der Waals surface area contributed by atoms with Gasteiger partial charge >= 0.3 is 5.97 Å². The van der Waals surface area contributed by atoms with E-state index < -0.39 is 11.9 Å². The van der Waals surface area contributed by atoms with Crippen LogP contribution in [-0.2, 0) is 6.61 Å². The van der Waals surface area contributed by atoms with E-state index >= 15 is 0 Å². The zero-order chi connectivity index (χ0) is 15.4. The van der Waals surface area contributed by atoms with Crippen LogP contribution in [0.1, 0.15) is 26.3 Å². The summed E-state index contributed by atoms with van der Waals surface area (Å²) in [7, 11) is 0. The highest BCUT2D eigenvalue weighted by atomic mass is 35.5. The number of carbonyl (C=O) groups is 2. The number of aromatic carboxylic acids is 1. The third-order valence-electron chi connectivity index (χ3n) is 2.79. The molecule has 0 aliphatic heterocycles. The van der Waals surface area contributed by atoms with Crippen molar-refractivity contribution in [1.82, 2.24) is 0 Å². The Kier molecular flexibility index (Phi) is 4.45. The summed E-state index contributed by atoms with van der Waals surface area (Å²) in [5, 5.41) is 9.13. The van der Waals surface area contributed by atoms with Crippen molar-refractivity contribution in [2.24, 2.45) is 5.73 Å². The number of amides is 1. The Morgan fingerprint density at radius 1 is 1.19 bits per heavy atom. The number of nitrogens with two attached hydrogens (primary N) is 1. The highest BCUT2D eigenvalue weighted by Gasteiger charge is 2.10. The summed E-state index contributed by atoms with van der Waals surface area (Å²) in [6.07, 6.45) is 0. The molecule has 0 aliphatic rings. The van der Waals surface area contributed by atoms with Gasteiger partial charge in [0.15, 0.2) is 0 Å². The Hall–Kier alpha value is -2.53. The molecule has 0 aliphatic carbocycles. The fourth-order valence-corrected chi connectivity index (χ4v) is 1.94. The highest BCUT2D eigenvalue weighted by Crippen LogP contribution is 2.23. The van der Waals surface area contributed by atoms with Gasteiger partial charge in [0.25, 0.3) is 0 Å². The molecule has 2 rings (SSSR count). The minimum Gasteiger partial charge on any atom is -0.489 e. The topological polar surface area (TPSA) is 89.6 Å². The molecule has 108 valence electrons. The third kappa shape index (κ3) is 3.73. The third-order valence-corrected chi connectivity index (χ3v) is 3.11. The van der Waals surface area contributed by atoms with Crippen LogP contribution in [0.25, 0.3) is 0 Å². The van der Waals surface area contributed by atoms with Crippen molar-refractivity contribution in [3.05, 3.63) is 64.2 Å². The maximum atomic E-state index is 11.1. The maximum Gasteiger partial charge on any atom is 0.337 e. The minimum atomic E-state index is -1.12. The second kappa shape index (κ2) is 6.28. The Labute approximate surface area is 125 Å². The summed E-state index contributed by atoms with van der Waals surface area (Å²) in [5.74, 6) is -1.26. The molecule has 6 heteroatoms. The fraction of sp³-hybridized carbons (Fsp3) is 0.0667. The number of carbonyl (C=O) groups excluding carboxylic acids is 1. The van der Waals surface area contributed by atoms with Crippen LogP contribution in [0, 0.1) is 0 Å². The van der Waals surface area contributed by atoms with Crippen molar-refractivity contribution >= 4 is 23.5 Å². The summed E-state index contributed by atoms with van der Waals surface area (Å²) in [6.45, 7) is 0.182. The van der Waals surface area contributed by atoms with Gasteiger partial charge in [0.05, 0.1) is 10.6 Å². The molecule has 0 unspecified atom stereocenters. The molecule has 0 radical (unpaired) electrons. The van der Waals surface area contributed by atoms with E-state index in [-0.39, 0.29) is 17.2 Å². The van der Waals surface area contributed by atoms with Crippen molar-refractivity contribution in [3.63, 3.8) is 0 Å². The van der Waals surface area contributed by atoms with Gasteiger partial charge in [-0.15, -0.1) is 0 Å². The minimum absolute atomic E-state index is 0.0277.